The van der Waals surface area contributed by atoms with Crippen LogP contribution < -0.4 is 10.2 Å². The quantitative estimate of drug-likeness (QED) is 0.0909. The zero-order valence-corrected chi connectivity index (χ0v) is 26.4. The molecule has 6 aromatic rings. The molecule has 0 amide bonds. The number of hydrogen-bond acceptors (Lipinski definition) is 12. The van der Waals surface area contributed by atoms with Crippen LogP contribution in [0.3, 0.4) is 0 Å². The van der Waals surface area contributed by atoms with Crippen molar-refractivity contribution in [3.63, 3.8) is 0 Å². The fourth-order valence-electron chi connectivity index (χ4n) is 5.13. The van der Waals surface area contributed by atoms with E-state index < -0.39 is 36.1 Å². The molecule has 0 bridgehead atoms. The monoisotopic (exact) mass is 689 g/mol. The molecule has 1 heterocycles. The summed E-state index contributed by atoms with van der Waals surface area (Å²) in [6, 6.07) is 22.9. The molecule has 4 N–H and O–H groups in total. The Kier molecular flexibility index (Phi) is 8.44. The van der Waals surface area contributed by atoms with Crippen molar-refractivity contribution in [2.75, 3.05) is 16.8 Å². The van der Waals surface area contributed by atoms with Crippen molar-refractivity contribution < 1.29 is 35.4 Å². The first-order valence-corrected chi connectivity index (χ1v) is 16.9. The molecule has 0 saturated heterocycles. The van der Waals surface area contributed by atoms with Gasteiger partial charge in [-0.05, 0) is 60.8 Å². The van der Waals surface area contributed by atoms with Crippen LogP contribution in [0.1, 0.15) is 6.92 Å². The Labute approximate surface area is 272 Å². The average Bonchev–Trinajstić information content (AvgIpc) is 3.03. The van der Waals surface area contributed by atoms with Crippen molar-refractivity contribution in [1.29, 1.82) is 0 Å². The van der Waals surface area contributed by atoms with Gasteiger partial charge in [-0.15, -0.1) is 10.2 Å². The molecule has 244 valence electrons. The minimum absolute atomic E-state index is 0.0467. The Bertz CT molecular complexity index is 2470. The summed E-state index contributed by atoms with van der Waals surface area (Å²) in [6.45, 7) is 2.34. The maximum atomic E-state index is 14.5. The Balaban J connectivity index is 1.31. The molecule has 14 nitrogen and oxygen atoms in total. The number of aromatic hydroxyl groups is 1. The highest BCUT2D eigenvalue weighted by molar-refractivity contribution is 7.86. The van der Waals surface area contributed by atoms with E-state index in [1.165, 1.54) is 24.3 Å². The predicted molar refractivity (Wildman–Crippen MR) is 176 cm³/mol. The average molecular weight is 690 g/mol. The normalized spacial score (nSPS) is 12.2. The fourth-order valence-corrected chi connectivity index (χ4v) is 6.66. The zero-order chi connectivity index (χ0) is 34.2. The number of para-hydroxylation sites is 1. The molecule has 0 aliphatic carbocycles. The molecule has 0 unspecified atom stereocenters. The summed E-state index contributed by atoms with van der Waals surface area (Å²) >= 11 is 0. The van der Waals surface area contributed by atoms with Crippen molar-refractivity contribution in [1.82, 2.24) is 15.0 Å². The molecule has 0 aliphatic rings. The number of phenolic OH excluding ortho intramolecular Hbond substituents is 1. The highest BCUT2D eigenvalue weighted by Gasteiger charge is 2.24. The first-order chi connectivity index (χ1) is 22.8. The highest BCUT2D eigenvalue weighted by atomic mass is 32.2. The first-order valence-electron chi connectivity index (χ1n) is 14.0. The third kappa shape index (κ3) is 6.47. The van der Waals surface area contributed by atoms with Gasteiger partial charge in [0.1, 0.15) is 21.2 Å². The van der Waals surface area contributed by atoms with Gasteiger partial charge < -0.3 is 15.3 Å². The molecule has 5 aromatic carbocycles. The standard InChI is InChI=1S/C31H24FN7O7S2/c1-2-39(20-7-4-3-5-8-20)31-35-29(32)34-30(36-31)33-19-12-13-21-18(17-19)11-15-24(27(21)40)37-38-25-16-14-22-23(28(25)48(44,45)46)9-6-10-26(22)47(41,42)43/h3-17,40H,2H2,1H3,(H,41,42,43)(H,44,45,46)(H,33,34,35,36)/b38-37+. The van der Waals surface area contributed by atoms with E-state index in [-0.39, 0.29) is 39.8 Å². The maximum Gasteiger partial charge on any atom is 0.315 e. The molecule has 0 atom stereocenters. The van der Waals surface area contributed by atoms with Gasteiger partial charge in [0.2, 0.25) is 11.9 Å². The molecular weight excluding hydrogens is 666 g/mol. The van der Waals surface area contributed by atoms with Crippen LogP contribution in [0.2, 0.25) is 0 Å². The summed E-state index contributed by atoms with van der Waals surface area (Å²) in [5.74, 6) is -0.246. The Morgan fingerprint density at radius 1 is 0.771 bits per heavy atom. The summed E-state index contributed by atoms with van der Waals surface area (Å²) in [6.07, 6.45) is -0.979. The second-order valence-corrected chi connectivity index (χ2v) is 13.0. The van der Waals surface area contributed by atoms with Crippen LogP contribution in [0, 0.1) is 6.08 Å². The number of nitrogens with one attached hydrogen (secondary N) is 1. The minimum atomic E-state index is -4.97. The van der Waals surface area contributed by atoms with Crippen LogP contribution in [0.4, 0.5) is 39.0 Å². The van der Waals surface area contributed by atoms with Crippen molar-refractivity contribution in [3.05, 3.63) is 97.1 Å². The summed E-state index contributed by atoms with van der Waals surface area (Å²) < 4.78 is 82.3. The molecular formula is C31H24FN7O7S2. The molecule has 6 rings (SSSR count). The van der Waals surface area contributed by atoms with Crippen molar-refractivity contribution in [3.8, 4) is 5.75 Å². The van der Waals surface area contributed by atoms with Crippen LogP contribution in [0.15, 0.2) is 111 Å². The predicted octanol–water partition coefficient (Wildman–Crippen LogP) is 6.83. The van der Waals surface area contributed by atoms with Gasteiger partial charge in [0.05, 0.1) is 0 Å². The lowest BCUT2D eigenvalue weighted by atomic mass is 10.1. The number of halogens is 1. The number of hydrogen-bond donors (Lipinski definition) is 4. The summed E-state index contributed by atoms with van der Waals surface area (Å²) in [4.78, 5) is 12.4. The molecule has 1 aromatic heterocycles. The lowest BCUT2D eigenvalue weighted by Gasteiger charge is -2.21. The Morgan fingerprint density at radius 3 is 2.19 bits per heavy atom. The topological polar surface area (TPSA) is 208 Å². The molecule has 0 spiro atoms. The fraction of sp³-hybridized carbons (Fsp3) is 0.0645. The molecule has 17 heteroatoms. The summed E-state index contributed by atoms with van der Waals surface area (Å²) in [7, 11) is -9.69. The largest absolute Gasteiger partial charge is 0.505 e. The van der Waals surface area contributed by atoms with Gasteiger partial charge in [-0.2, -0.15) is 36.2 Å². The maximum absolute atomic E-state index is 14.5. The molecule has 0 fully saturated rings. The first kappa shape index (κ1) is 32.3. The summed E-state index contributed by atoms with van der Waals surface area (Å²) in [5, 5.41) is 22.3. The van der Waals surface area contributed by atoms with Crippen molar-refractivity contribution >= 4 is 76.4 Å². The minimum Gasteiger partial charge on any atom is -0.505 e. The SMILES string of the molecule is CCN(c1ccccc1)c1nc(F)nc(Nc2ccc3c(O)c(/N=N/c4ccc5c(S(=O)(=O)O)cccc5c4S(=O)(=O)O)ccc3c2)n1. The van der Waals surface area contributed by atoms with Crippen LogP contribution in [-0.4, -0.2) is 52.5 Å². The second kappa shape index (κ2) is 12.5. The second-order valence-electron chi connectivity index (χ2n) is 10.2. The zero-order valence-electron chi connectivity index (χ0n) is 24.7. The highest BCUT2D eigenvalue weighted by Crippen LogP contribution is 2.39. The molecule has 0 radical (unpaired) electrons. The lowest BCUT2D eigenvalue weighted by Crippen LogP contribution is -2.20. The van der Waals surface area contributed by atoms with Crippen LogP contribution in [0.25, 0.3) is 21.5 Å². The Morgan fingerprint density at radius 2 is 1.48 bits per heavy atom. The van der Waals surface area contributed by atoms with Gasteiger partial charge in [0.25, 0.3) is 20.2 Å². The lowest BCUT2D eigenvalue weighted by molar-refractivity contribution is 0.481. The molecule has 48 heavy (non-hydrogen) atoms. The van der Waals surface area contributed by atoms with Gasteiger partial charge in [-0.1, -0.05) is 42.5 Å². The van der Waals surface area contributed by atoms with E-state index in [4.69, 9.17) is 0 Å². The van der Waals surface area contributed by atoms with E-state index in [1.54, 1.807) is 29.2 Å². The Hall–Kier alpha value is -5.62. The smallest absolute Gasteiger partial charge is 0.315 e. The van der Waals surface area contributed by atoms with Gasteiger partial charge in [0.15, 0.2) is 5.75 Å². The van der Waals surface area contributed by atoms with E-state index in [2.05, 4.69) is 30.5 Å². The number of azo groups is 1. The number of aromatic nitrogens is 3. The number of benzene rings is 5. The number of fused-ring (bicyclic) bond motifs is 2. The third-order valence-corrected chi connectivity index (χ3v) is 9.06. The number of rotatable bonds is 9. The summed E-state index contributed by atoms with van der Waals surface area (Å²) in [5.41, 5.74) is 0.830. The van der Waals surface area contributed by atoms with Gasteiger partial charge in [0, 0.05) is 34.1 Å². The van der Waals surface area contributed by atoms with Gasteiger partial charge >= 0.3 is 6.08 Å². The number of phenols is 1. The van der Waals surface area contributed by atoms with Crippen LogP contribution >= 0.6 is 0 Å². The third-order valence-electron chi connectivity index (χ3n) is 7.20. The molecule has 0 aliphatic heterocycles. The van der Waals surface area contributed by atoms with E-state index in [1.807, 2.05) is 37.3 Å². The van der Waals surface area contributed by atoms with Gasteiger partial charge in [-0.3, -0.25) is 9.11 Å². The number of anilines is 4. The van der Waals surface area contributed by atoms with E-state index in [9.17, 15) is 35.4 Å². The molecule has 0 saturated carbocycles. The van der Waals surface area contributed by atoms with E-state index >= 15 is 0 Å². The van der Waals surface area contributed by atoms with Gasteiger partial charge in [-0.25, -0.2) is 0 Å². The number of nitrogens with zero attached hydrogens (tertiary/aromatic N) is 6. The van der Waals surface area contributed by atoms with Crippen LogP contribution in [-0.2, 0) is 20.2 Å². The van der Waals surface area contributed by atoms with Crippen molar-refractivity contribution in [2.45, 2.75) is 16.7 Å². The van der Waals surface area contributed by atoms with E-state index in [0.29, 0.717) is 23.0 Å². The van der Waals surface area contributed by atoms with E-state index in [0.717, 1.165) is 17.8 Å². The van der Waals surface area contributed by atoms with Crippen molar-refractivity contribution in [2.24, 2.45) is 10.2 Å². The van der Waals surface area contributed by atoms with Crippen LogP contribution in [0.5, 0.6) is 5.75 Å².